The molecule has 0 aliphatic carbocycles. The molecule has 2 saturated heterocycles. The third-order valence-corrected chi connectivity index (χ3v) is 7.59. The number of nitrogens with one attached hydrogen (secondary N) is 1. The minimum absolute atomic E-state index is 0.0192. The fourth-order valence-electron chi connectivity index (χ4n) is 4.47. The largest absolute Gasteiger partial charge is 0.347 e. The van der Waals surface area contributed by atoms with Crippen LogP contribution >= 0.6 is 0 Å². The molecule has 156 valence electrons. The van der Waals surface area contributed by atoms with Crippen molar-refractivity contribution < 1.29 is 13.2 Å². The monoisotopic (exact) mass is 416 g/mol. The van der Waals surface area contributed by atoms with E-state index in [0.717, 1.165) is 42.9 Å². The van der Waals surface area contributed by atoms with Crippen LogP contribution in [0.2, 0.25) is 0 Å². The summed E-state index contributed by atoms with van der Waals surface area (Å²) >= 11 is 0. The minimum atomic E-state index is -3.13. The summed E-state index contributed by atoms with van der Waals surface area (Å²) in [4.78, 5) is 15.1. The third-order valence-electron chi connectivity index (χ3n) is 5.87. The zero-order valence-electron chi connectivity index (χ0n) is 17.0. The molecular formula is C21H28N4O3S. The number of sulfone groups is 1. The number of carbonyl (C=O) groups excluding carboxylic acids is 1. The van der Waals surface area contributed by atoms with Crippen molar-refractivity contribution >= 4 is 15.7 Å². The van der Waals surface area contributed by atoms with Gasteiger partial charge in [0.1, 0.15) is 0 Å². The molecule has 8 heteroatoms. The summed E-state index contributed by atoms with van der Waals surface area (Å²) in [5.74, 6) is -0.0622. The van der Waals surface area contributed by atoms with Crippen LogP contribution in [0.3, 0.4) is 0 Å². The molecule has 0 bridgehead atoms. The van der Waals surface area contributed by atoms with E-state index in [1.54, 1.807) is 6.07 Å². The Balaban J connectivity index is 1.48. The van der Waals surface area contributed by atoms with Crippen molar-refractivity contribution in [2.45, 2.75) is 45.3 Å². The van der Waals surface area contributed by atoms with Crippen molar-refractivity contribution in [3.8, 4) is 0 Å². The standard InChI is InChI=1S/C21H28N4O3S/c1-15-10-16(2)25(23-15)12-17-6-5-7-18(11-17)21(26)22-19-13-29(27,28)14-20(19)24-8-3-4-9-24/h5-7,10-11,19-20H,3-4,8-9,12-14H2,1-2H3,(H,22,26). The number of amides is 1. The van der Waals surface area contributed by atoms with E-state index < -0.39 is 9.84 Å². The van der Waals surface area contributed by atoms with Crippen LogP contribution in [0.5, 0.6) is 0 Å². The van der Waals surface area contributed by atoms with Gasteiger partial charge in [0.2, 0.25) is 0 Å². The molecule has 0 spiro atoms. The molecular weight excluding hydrogens is 388 g/mol. The molecule has 1 N–H and O–H groups in total. The zero-order chi connectivity index (χ0) is 20.6. The van der Waals surface area contributed by atoms with Gasteiger partial charge in [0, 0.05) is 17.3 Å². The van der Waals surface area contributed by atoms with Gasteiger partial charge in [-0.15, -0.1) is 0 Å². The Bertz CT molecular complexity index is 1010. The lowest BCUT2D eigenvalue weighted by atomic mass is 10.1. The van der Waals surface area contributed by atoms with Gasteiger partial charge >= 0.3 is 0 Å². The first-order valence-corrected chi connectivity index (χ1v) is 12.0. The first-order valence-electron chi connectivity index (χ1n) is 10.2. The van der Waals surface area contributed by atoms with Crippen molar-refractivity contribution in [2.24, 2.45) is 0 Å². The lowest BCUT2D eigenvalue weighted by Crippen LogP contribution is -2.50. The SMILES string of the molecule is Cc1cc(C)n(Cc2cccc(C(=O)NC3CS(=O)(=O)CC3N3CCCC3)c2)n1. The van der Waals surface area contributed by atoms with Crippen LogP contribution < -0.4 is 5.32 Å². The predicted molar refractivity (Wildman–Crippen MR) is 112 cm³/mol. The van der Waals surface area contributed by atoms with Gasteiger partial charge in [0.15, 0.2) is 9.84 Å². The number of carbonyl (C=O) groups is 1. The van der Waals surface area contributed by atoms with Gasteiger partial charge in [0.05, 0.1) is 29.8 Å². The summed E-state index contributed by atoms with van der Waals surface area (Å²) in [6, 6.07) is 9.01. The van der Waals surface area contributed by atoms with Crippen LogP contribution in [-0.2, 0) is 16.4 Å². The molecule has 1 aromatic heterocycles. The normalized spacial score (nSPS) is 24.1. The molecule has 1 aromatic carbocycles. The molecule has 2 fully saturated rings. The first-order chi connectivity index (χ1) is 13.8. The maximum absolute atomic E-state index is 12.9. The summed E-state index contributed by atoms with van der Waals surface area (Å²) in [5, 5.41) is 7.48. The fourth-order valence-corrected chi connectivity index (χ4v) is 6.42. The molecule has 7 nitrogen and oxygen atoms in total. The summed E-state index contributed by atoms with van der Waals surface area (Å²) in [7, 11) is -3.13. The summed E-state index contributed by atoms with van der Waals surface area (Å²) in [6.45, 7) is 6.37. The molecule has 2 aliphatic rings. The lowest BCUT2D eigenvalue weighted by Gasteiger charge is -2.28. The molecule has 0 radical (unpaired) electrons. The Morgan fingerprint density at radius 2 is 1.93 bits per heavy atom. The van der Waals surface area contributed by atoms with Crippen LogP contribution in [0.1, 0.15) is 40.2 Å². The number of nitrogens with zero attached hydrogens (tertiary/aromatic N) is 3. The summed E-state index contributed by atoms with van der Waals surface area (Å²) < 4.78 is 26.4. The maximum Gasteiger partial charge on any atom is 0.251 e. The number of rotatable bonds is 5. The molecule has 2 unspecified atom stereocenters. The van der Waals surface area contributed by atoms with Crippen LogP contribution in [0, 0.1) is 13.8 Å². The van der Waals surface area contributed by atoms with E-state index in [4.69, 9.17) is 0 Å². The highest BCUT2D eigenvalue weighted by Gasteiger charge is 2.42. The second kappa shape index (κ2) is 7.91. The van der Waals surface area contributed by atoms with Gasteiger partial charge in [-0.05, 0) is 63.5 Å². The lowest BCUT2D eigenvalue weighted by molar-refractivity contribution is 0.0918. The van der Waals surface area contributed by atoms with Crippen molar-refractivity contribution in [1.82, 2.24) is 20.0 Å². The highest BCUT2D eigenvalue weighted by molar-refractivity contribution is 7.91. The number of likely N-dealkylation sites (tertiary alicyclic amines) is 1. The maximum atomic E-state index is 12.9. The average molecular weight is 417 g/mol. The molecule has 2 aliphatic heterocycles. The van der Waals surface area contributed by atoms with Gasteiger partial charge < -0.3 is 5.32 Å². The molecule has 1 amide bonds. The zero-order valence-corrected chi connectivity index (χ0v) is 17.8. The Labute approximate surface area is 172 Å². The van der Waals surface area contributed by atoms with Gasteiger partial charge in [0.25, 0.3) is 5.91 Å². The minimum Gasteiger partial charge on any atom is -0.347 e. The molecule has 29 heavy (non-hydrogen) atoms. The Morgan fingerprint density at radius 3 is 2.62 bits per heavy atom. The van der Waals surface area contributed by atoms with Crippen molar-refractivity contribution in [3.63, 3.8) is 0 Å². The Morgan fingerprint density at radius 1 is 1.17 bits per heavy atom. The summed E-state index contributed by atoms with van der Waals surface area (Å²) in [6.07, 6.45) is 2.18. The smallest absolute Gasteiger partial charge is 0.251 e. The van der Waals surface area contributed by atoms with E-state index in [0.29, 0.717) is 12.1 Å². The number of hydrogen-bond donors (Lipinski definition) is 1. The fraction of sp³-hybridized carbons (Fsp3) is 0.524. The van der Waals surface area contributed by atoms with Gasteiger partial charge in [-0.3, -0.25) is 14.4 Å². The van der Waals surface area contributed by atoms with Crippen LogP contribution in [-0.4, -0.2) is 65.7 Å². The van der Waals surface area contributed by atoms with E-state index in [1.807, 2.05) is 42.8 Å². The molecule has 0 saturated carbocycles. The van der Waals surface area contributed by atoms with Gasteiger partial charge in [-0.1, -0.05) is 12.1 Å². The second-order valence-corrected chi connectivity index (χ2v) is 10.4. The van der Waals surface area contributed by atoms with E-state index >= 15 is 0 Å². The number of aromatic nitrogens is 2. The molecule has 2 atom stereocenters. The average Bonchev–Trinajstić information content (AvgIpc) is 3.35. The summed E-state index contributed by atoms with van der Waals surface area (Å²) in [5.41, 5.74) is 3.57. The van der Waals surface area contributed by atoms with Crippen molar-refractivity contribution in [1.29, 1.82) is 0 Å². The highest BCUT2D eigenvalue weighted by Crippen LogP contribution is 2.23. The highest BCUT2D eigenvalue weighted by atomic mass is 32.2. The van der Waals surface area contributed by atoms with Crippen LogP contribution in [0.25, 0.3) is 0 Å². The number of benzene rings is 1. The second-order valence-electron chi connectivity index (χ2n) is 8.25. The quantitative estimate of drug-likeness (QED) is 0.799. The van der Waals surface area contributed by atoms with E-state index in [9.17, 15) is 13.2 Å². The van der Waals surface area contributed by atoms with Gasteiger partial charge in [-0.2, -0.15) is 5.10 Å². The molecule has 3 heterocycles. The Hall–Kier alpha value is -2.19. The Kier molecular flexibility index (Phi) is 5.48. The molecule has 4 rings (SSSR count). The van der Waals surface area contributed by atoms with Crippen LogP contribution in [0.15, 0.2) is 30.3 Å². The van der Waals surface area contributed by atoms with Gasteiger partial charge in [-0.25, -0.2) is 8.42 Å². The number of hydrogen-bond acceptors (Lipinski definition) is 5. The van der Waals surface area contributed by atoms with E-state index in [-0.39, 0.29) is 29.5 Å². The van der Waals surface area contributed by atoms with Crippen molar-refractivity contribution in [3.05, 3.63) is 52.8 Å². The topological polar surface area (TPSA) is 84.3 Å². The van der Waals surface area contributed by atoms with Crippen LogP contribution in [0.4, 0.5) is 0 Å². The predicted octanol–water partition coefficient (Wildman–Crippen LogP) is 1.54. The van der Waals surface area contributed by atoms with Crippen molar-refractivity contribution in [2.75, 3.05) is 24.6 Å². The van der Waals surface area contributed by atoms with E-state index in [1.165, 1.54) is 0 Å². The third kappa shape index (κ3) is 4.53. The van der Waals surface area contributed by atoms with E-state index in [2.05, 4.69) is 15.3 Å². The first kappa shape index (κ1) is 20.1. The number of aryl methyl sites for hydroxylation is 2. The molecule has 2 aromatic rings.